The third-order valence-electron chi connectivity index (χ3n) is 14.7. The van der Waals surface area contributed by atoms with Crippen LogP contribution in [0, 0.1) is 0 Å². The number of nitrogens with zero attached hydrogens (tertiary/aromatic N) is 4. The van der Waals surface area contributed by atoms with E-state index in [0.29, 0.717) is 86.4 Å². The molecule has 73 heavy (non-hydrogen) atoms. The molecular formula is C61H66N4O8. The minimum atomic E-state index is -0.929. The first-order chi connectivity index (χ1) is 35.6. The van der Waals surface area contributed by atoms with Crippen molar-refractivity contribution in [1.82, 2.24) is 19.3 Å². The van der Waals surface area contributed by atoms with Gasteiger partial charge in [0.1, 0.15) is 5.69 Å². The molecule has 8 rings (SSSR count). The standard InChI is InChI=1S/C61H66N4O8/c66-44-61(47-26-12-8-13-27-47,48-28-14-9-15-29-48)37-36-53-46(34-35-55(67)68)42-54(65(53)43-45-24-10-7-11-25-45)60(73)62(38-20-3-1-5-22-40-63-56(69)49-30-16-17-31-50(49)57(63)70)39-21-4-2-6-23-41-64-58(71)51-32-18-19-33-52(51)59(64)72/h7-19,24-33,42,66H,1-6,20-23,34-41,43-44H2,(H,67,68). The summed E-state index contributed by atoms with van der Waals surface area (Å²) >= 11 is 0. The number of carbonyl (C=O) groups excluding carboxylic acids is 5. The van der Waals surface area contributed by atoms with Gasteiger partial charge in [0.05, 0.1) is 28.9 Å². The fourth-order valence-electron chi connectivity index (χ4n) is 10.7. The highest BCUT2D eigenvalue weighted by Gasteiger charge is 2.37. The Kier molecular flexibility index (Phi) is 17.6. The van der Waals surface area contributed by atoms with Crippen LogP contribution >= 0.6 is 0 Å². The van der Waals surface area contributed by atoms with Crippen LogP contribution in [0.4, 0.5) is 0 Å². The normalized spacial score (nSPS) is 13.2. The molecule has 0 atom stereocenters. The van der Waals surface area contributed by atoms with Gasteiger partial charge in [-0.25, -0.2) is 0 Å². The second-order valence-electron chi connectivity index (χ2n) is 19.4. The number of carboxylic acid groups (broad SMARTS) is 1. The maximum Gasteiger partial charge on any atom is 0.303 e. The first kappa shape index (κ1) is 51.9. The zero-order valence-corrected chi connectivity index (χ0v) is 41.6. The third kappa shape index (κ3) is 12.1. The molecule has 0 saturated heterocycles. The summed E-state index contributed by atoms with van der Waals surface area (Å²) in [4.78, 5) is 83.8. The Morgan fingerprint density at radius 1 is 0.507 bits per heavy atom. The van der Waals surface area contributed by atoms with Gasteiger partial charge in [0.2, 0.25) is 0 Å². The van der Waals surface area contributed by atoms with Crippen molar-refractivity contribution < 1.29 is 39.0 Å². The molecule has 2 aliphatic rings. The minimum absolute atomic E-state index is 0.109. The van der Waals surface area contributed by atoms with Crippen LogP contribution in [-0.2, 0) is 29.6 Å². The van der Waals surface area contributed by atoms with Gasteiger partial charge in [-0.3, -0.25) is 38.6 Å². The van der Waals surface area contributed by atoms with Crippen LogP contribution in [-0.4, -0.2) is 97.8 Å². The summed E-state index contributed by atoms with van der Waals surface area (Å²) in [6, 6.07) is 45.7. The number of fused-ring (bicyclic) bond motifs is 2. The molecule has 12 nitrogen and oxygen atoms in total. The van der Waals surface area contributed by atoms with Crippen molar-refractivity contribution in [3.05, 3.63) is 201 Å². The van der Waals surface area contributed by atoms with Crippen LogP contribution in [0.1, 0.15) is 157 Å². The second kappa shape index (κ2) is 24.8. The maximum absolute atomic E-state index is 15.3. The highest BCUT2D eigenvalue weighted by atomic mass is 16.4. The smallest absolute Gasteiger partial charge is 0.303 e. The predicted octanol–water partition coefficient (Wildman–Crippen LogP) is 10.4. The molecule has 0 bridgehead atoms. The Labute approximate surface area is 428 Å². The maximum atomic E-state index is 15.3. The van der Waals surface area contributed by atoms with Crippen molar-refractivity contribution in [3.8, 4) is 0 Å². The van der Waals surface area contributed by atoms with Crippen LogP contribution in [0.5, 0.6) is 0 Å². The van der Waals surface area contributed by atoms with Crippen LogP contribution < -0.4 is 0 Å². The molecule has 0 fully saturated rings. The Morgan fingerprint density at radius 3 is 1.36 bits per heavy atom. The lowest BCUT2D eigenvalue weighted by Crippen LogP contribution is -2.35. The summed E-state index contributed by atoms with van der Waals surface area (Å²) in [7, 11) is 0. The van der Waals surface area contributed by atoms with Crippen molar-refractivity contribution in [1.29, 1.82) is 0 Å². The first-order valence-electron chi connectivity index (χ1n) is 26.0. The number of aryl methyl sites for hydroxylation is 1. The molecule has 3 heterocycles. The third-order valence-corrected chi connectivity index (χ3v) is 14.7. The molecular weight excluding hydrogens is 917 g/mol. The molecule has 5 amide bonds. The Hall–Kier alpha value is -7.44. The molecule has 0 spiro atoms. The number of carbonyl (C=O) groups is 6. The van der Waals surface area contributed by atoms with E-state index in [1.165, 1.54) is 9.80 Å². The number of aliphatic hydroxyl groups is 1. The van der Waals surface area contributed by atoms with Gasteiger partial charge in [-0.15, -0.1) is 0 Å². The van der Waals surface area contributed by atoms with E-state index in [4.69, 9.17) is 0 Å². The largest absolute Gasteiger partial charge is 0.481 e. The second-order valence-corrected chi connectivity index (χ2v) is 19.4. The number of imide groups is 2. The first-order valence-corrected chi connectivity index (χ1v) is 26.0. The zero-order chi connectivity index (χ0) is 51.2. The summed E-state index contributed by atoms with van der Waals surface area (Å²) in [5.74, 6) is -2.04. The number of rotatable bonds is 28. The van der Waals surface area contributed by atoms with Gasteiger partial charge in [0, 0.05) is 50.3 Å². The number of aliphatic carboxylic acids is 1. The summed E-state index contributed by atoms with van der Waals surface area (Å²) in [6.45, 7) is 1.95. The Morgan fingerprint density at radius 2 is 0.918 bits per heavy atom. The van der Waals surface area contributed by atoms with E-state index in [0.717, 1.165) is 79.3 Å². The van der Waals surface area contributed by atoms with E-state index in [1.807, 2.05) is 102 Å². The number of aliphatic hydroxyl groups excluding tert-OH is 1. The van der Waals surface area contributed by atoms with Gasteiger partial charge in [0.15, 0.2) is 0 Å². The molecule has 5 aromatic carbocycles. The van der Waals surface area contributed by atoms with Crippen molar-refractivity contribution in [2.75, 3.05) is 32.8 Å². The fraction of sp³-hybridized carbons (Fsp3) is 0.344. The van der Waals surface area contributed by atoms with Gasteiger partial charge in [-0.1, -0.05) is 154 Å². The Balaban J connectivity index is 0.997. The van der Waals surface area contributed by atoms with Crippen LogP contribution in [0.2, 0.25) is 0 Å². The predicted molar refractivity (Wildman–Crippen MR) is 281 cm³/mol. The van der Waals surface area contributed by atoms with E-state index in [9.17, 15) is 34.2 Å². The number of amides is 5. The molecule has 12 heteroatoms. The lowest BCUT2D eigenvalue weighted by atomic mass is 9.71. The van der Waals surface area contributed by atoms with Crippen LogP contribution in [0.25, 0.3) is 0 Å². The van der Waals surface area contributed by atoms with Crippen LogP contribution in [0.15, 0.2) is 146 Å². The van der Waals surface area contributed by atoms with E-state index in [2.05, 4.69) is 4.57 Å². The van der Waals surface area contributed by atoms with Gasteiger partial charge in [0.25, 0.3) is 29.5 Å². The zero-order valence-electron chi connectivity index (χ0n) is 41.6. The molecule has 1 aromatic heterocycles. The van der Waals surface area contributed by atoms with E-state index in [1.54, 1.807) is 48.5 Å². The highest BCUT2D eigenvalue weighted by Crippen LogP contribution is 2.38. The van der Waals surface area contributed by atoms with Gasteiger partial charge < -0.3 is 19.7 Å². The average molecular weight is 983 g/mol. The number of benzene rings is 5. The molecule has 0 radical (unpaired) electrons. The average Bonchev–Trinajstić information content (AvgIpc) is 3.98. The number of carboxylic acids is 1. The summed E-state index contributed by atoms with van der Waals surface area (Å²) in [5, 5.41) is 21.4. The van der Waals surface area contributed by atoms with Crippen molar-refractivity contribution >= 4 is 35.5 Å². The van der Waals surface area contributed by atoms with E-state index in [-0.39, 0.29) is 49.0 Å². The number of aromatic nitrogens is 1. The summed E-state index contributed by atoms with van der Waals surface area (Å²) < 4.78 is 2.08. The molecule has 6 aromatic rings. The molecule has 0 saturated carbocycles. The van der Waals surface area contributed by atoms with E-state index >= 15 is 4.79 Å². The monoisotopic (exact) mass is 982 g/mol. The molecule has 378 valence electrons. The molecule has 0 unspecified atom stereocenters. The molecule has 2 N–H and O–H groups in total. The van der Waals surface area contributed by atoms with Crippen molar-refractivity contribution in [3.63, 3.8) is 0 Å². The fourth-order valence-corrected chi connectivity index (χ4v) is 10.7. The number of hydrogen-bond donors (Lipinski definition) is 2. The Bertz CT molecular complexity index is 2680. The molecule has 2 aliphatic heterocycles. The minimum Gasteiger partial charge on any atom is -0.481 e. The van der Waals surface area contributed by atoms with Crippen molar-refractivity contribution in [2.45, 2.75) is 102 Å². The lowest BCUT2D eigenvalue weighted by Gasteiger charge is -2.34. The van der Waals surface area contributed by atoms with Gasteiger partial charge in [-0.05, 0) is 97.5 Å². The topological polar surface area (TPSA) is 158 Å². The van der Waals surface area contributed by atoms with Crippen LogP contribution in [0.3, 0.4) is 0 Å². The van der Waals surface area contributed by atoms with Gasteiger partial charge in [-0.2, -0.15) is 0 Å². The summed E-state index contributed by atoms with van der Waals surface area (Å²) in [6.07, 6.45) is 8.97. The lowest BCUT2D eigenvalue weighted by molar-refractivity contribution is -0.137. The van der Waals surface area contributed by atoms with Gasteiger partial charge >= 0.3 is 5.97 Å². The van der Waals surface area contributed by atoms with E-state index < -0.39 is 11.4 Å². The highest BCUT2D eigenvalue weighted by molar-refractivity contribution is 6.22. The SMILES string of the molecule is O=C(O)CCc1cc(C(=O)N(CCCCCCCN2C(=O)c3ccccc3C2=O)CCCCCCCN2C(=O)c3ccccc3C2=O)n(Cc2ccccc2)c1CCC(CO)(c1ccccc1)c1ccccc1. The number of unbranched alkanes of at least 4 members (excludes halogenated alkanes) is 8. The number of hydrogen-bond acceptors (Lipinski definition) is 7. The molecule has 0 aliphatic carbocycles. The van der Waals surface area contributed by atoms with Crippen molar-refractivity contribution in [2.24, 2.45) is 0 Å². The summed E-state index contributed by atoms with van der Waals surface area (Å²) in [5.41, 5.74) is 6.11. The quantitative estimate of drug-likeness (QED) is 0.0363.